The molecule has 1 N–H and O–H groups in total. The molecule has 0 heterocycles. The lowest BCUT2D eigenvalue weighted by Crippen LogP contribution is -2.74. The van der Waals surface area contributed by atoms with Gasteiger partial charge in [0.1, 0.15) is 0 Å². The van der Waals surface area contributed by atoms with E-state index in [9.17, 15) is 243 Å². The van der Waals surface area contributed by atoms with E-state index in [-0.39, 0.29) is 0 Å². The quantitative estimate of drug-likeness (QED) is 0.0523. The fourth-order valence-electron chi connectivity index (χ4n) is 4.89. The zero-order valence-electron chi connectivity index (χ0n) is 37.6. The Labute approximate surface area is 438 Å². The number of aliphatic hydroxyl groups is 1. The lowest BCUT2D eigenvalue weighted by molar-refractivity contribution is -0.474. The van der Waals surface area contributed by atoms with Crippen molar-refractivity contribution in [3.05, 3.63) is 0 Å². The largest absolute Gasteiger partial charge is 0.473 e. The SMILES string of the molecule is O=C(CC(O)(CC(=O)OC(F)(F)C(F)(F)C(F)(F)C(F)(F)C(F)(F)C(F)(F)C(F)(F)C(F)(F)F)C(=O)OC(F)(F)C(F)(F)C(F)(F)C(F)(F)C(F)(F)C(F)(F)C(F)(F)C(F)(F)F)OC(F)(F)C(F)(F)C(F)(F)C(F)(F)C(F)(F)C(F)(F)C(F)(F)C(F)(F)F. The Morgan fingerprint density at radius 3 is 0.477 bits per heavy atom. The van der Waals surface area contributed by atoms with E-state index >= 15 is 0 Å². The van der Waals surface area contributed by atoms with Crippen LogP contribution in [0, 0.1) is 0 Å². The van der Waals surface area contributed by atoms with Crippen LogP contribution in [-0.2, 0) is 28.6 Å². The maximum atomic E-state index is 14.5. The maximum Gasteiger partial charge on any atom is 0.473 e. The molecule has 0 saturated heterocycles. The van der Waals surface area contributed by atoms with Crippen molar-refractivity contribution in [2.75, 3.05) is 0 Å². The van der Waals surface area contributed by atoms with Crippen LogP contribution in [-0.4, -0.2) is 172 Å². The highest BCUT2D eigenvalue weighted by atomic mass is 19.5. The van der Waals surface area contributed by atoms with Crippen LogP contribution in [0.4, 0.5) is 224 Å². The standard InChI is InChI=1S/C30H5F51O7/c31-7(32,13(43,44)19(55,56)25(67,68)69)10(37,38)16(49,50)22(61,62)28(76,77)86-3(82)1-6(85,5(84)88-30(80,81)24(65,66)18(53,54)12(41,42)9(35,36)15(47,48)21(59,60)27(73,74)75)2-4(83)87-29(78,79)23(63,64)17(51,52)11(39,40)8(33,34)14(45,46)20(57,58)26(70,71)72/h85H,1-2H2. The Balaban J connectivity index is 8.43. The molecule has 0 saturated carbocycles. The second-order valence-electron chi connectivity index (χ2n) is 16.1. The maximum absolute atomic E-state index is 14.5. The van der Waals surface area contributed by atoms with Crippen molar-refractivity contribution < 1.29 is 258 Å². The second kappa shape index (κ2) is 21.2. The molecule has 0 bridgehead atoms. The molecule has 0 rings (SSSR count). The van der Waals surface area contributed by atoms with E-state index in [0.29, 0.717) is 0 Å². The topological polar surface area (TPSA) is 99.1 Å². The fraction of sp³-hybridized carbons (Fsp3) is 0.900. The van der Waals surface area contributed by atoms with Crippen LogP contribution in [0.2, 0.25) is 0 Å². The van der Waals surface area contributed by atoms with Gasteiger partial charge in [0.25, 0.3) is 0 Å². The summed E-state index contributed by atoms with van der Waals surface area (Å²) in [5.41, 5.74) is -7.08. The number of hydrogen-bond donors (Lipinski definition) is 1. The smallest absolute Gasteiger partial charge is 0.396 e. The summed E-state index contributed by atoms with van der Waals surface area (Å²) in [6, 6.07) is 0. The summed E-state index contributed by atoms with van der Waals surface area (Å²) in [5, 5.41) is 9.98. The predicted octanol–water partition coefficient (Wildman–Crippen LogP) is 15.0. The van der Waals surface area contributed by atoms with Gasteiger partial charge in [-0.3, -0.25) is 9.59 Å². The van der Waals surface area contributed by atoms with Gasteiger partial charge in [0.2, 0.25) is 0 Å². The minimum atomic E-state index is -9.93. The first-order valence-electron chi connectivity index (χ1n) is 18.6. The van der Waals surface area contributed by atoms with E-state index in [1.807, 2.05) is 0 Å². The molecular formula is C30H5F51O7. The minimum absolute atomic E-state index is 1.44. The molecule has 88 heavy (non-hydrogen) atoms. The number of carbonyl (C=O) groups is 3. The van der Waals surface area contributed by atoms with Crippen LogP contribution >= 0.6 is 0 Å². The summed E-state index contributed by atoms with van der Waals surface area (Å²) in [6.07, 6.45) is -62.7. The van der Waals surface area contributed by atoms with Crippen LogP contribution in [0.5, 0.6) is 0 Å². The summed E-state index contributed by atoms with van der Waals surface area (Å²) in [6.45, 7) is 0. The molecule has 7 nitrogen and oxygen atoms in total. The molecule has 0 aromatic rings. The first-order valence-corrected chi connectivity index (χ1v) is 18.6. The molecule has 0 aromatic heterocycles. The molecule has 58 heteroatoms. The van der Waals surface area contributed by atoms with Gasteiger partial charge in [-0.1, -0.05) is 0 Å². The Bertz CT molecular complexity index is 2440. The van der Waals surface area contributed by atoms with Crippen LogP contribution in [0.3, 0.4) is 0 Å². The number of rotatable bonds is 26. The summed E-state index contributed by atoms with van der Waals surface area (Å²) >= 11 is 0. The number of carbonyl (C=O) groups excluding carboxylic acids is 3. The number of alkyl halides is 51. The Kier molecular flexibility index (Phi) is 19.9. The van der Waals surface area contributed by atoms with Gasteiger partial charge in [0.05, 0.1) is 12.8 Å². The fourth-order valence-corrected chi connectivity index (χ4v) is 4.89. The van der Waals surface area contributed by atoms with Crippen molar-refractivity contribution >= 4 is 17.9 Å². The first kappa shape index (κ1) is 82.8. The third kappa shape index (κ3) is 11.2. The van der Waals surface area contributed by atoms with E-state index in [1.54, 1.807) is 0 Å². The Hall–Kier alpha value is -5.20. The predicted molar refractivity (Wildman–Crippen MR) is 155 cm³/mol. The van der Waals surface area contributed by atoms with Crippen LogP contribution in [0.15, 0.2) is 0 Å². The zero-order valence-corrected chi connectivity index (χ0v) is 37.6. The molecule has 0 fully saturated rings. The summed E-state index contributed by atoms with van der Waals surface area (Å²) in [7, 11) is 0. The van der Waals surface area contributed by atoms with Gasteiger partial charge in [-0.25, -0.2) is 4.79 Å². The summed E-state index contributed by atoms with van der Waals surface area (Å²) in [5.74, 6) is -188. The van der Waals surface area contributed by atoms with Gasteiger partial charge in [0, 0.05) is 0 Å². The van der Waals surface area contributed by atoms with E-state index in [2.05, 4.69) is 0 Å². The average Bonchev–Trinajstić information content (AvgIpc) is 3.25. The molecule has 0 spiro atoms. The molecular weight excluding hydrogens is 1440 g/mol. The van der Waals surface area contributed by atoms with Crippen molar-refractivity contribution in [2.24, 2.45) is 0 Å². The average molecular weight is 1450 g/mol. The van der Waals surface area contributed by atoms with E-state index in [4.69, 9.17) is 0 Å². The lowest BCUT2D eigenvalue weighted by Gasteiger charge is -2.42. The van der Waals surface area contributed by atoms with E-state index in [1.165, 1.54) is 14.2 Å². The third-order valence-electron chi connectivity index (χ3n) is 10.0. The molecule has 0 aromatic carbocycles. The third-order valence-corrected chi connectivity index (χ3v) is 10.0. The van der Waals surface area contributed by atoms with Crippen LogP contribution in [0.25, 0.3) is 0 Å². The van der Waals surface area contributed by atoms with Crippen LogP contribution < -0.4 is 0 Å². The lowest BCUT2D eigenvalue weighted by atomic mass is 9.90. The highest BCUT2D eigenvalue weighted by molar-refractivity contribution is 5.90. The minimum Gasteiger partial charge on any atom is -0.396 e. The number of halogens is 51. The van der Waals surface area contributed by atoms with Crippen molar-refractivity contribution in [3.8, 4) is 0 Å². The van der Waals surface area contributed by atoms with Gasteiger partial charge >= 0.3 is 161 Å². The van der Waals surface area contributed by atoms with Gasteiger partial charge < -0.3 is 19.3 Å². The molecule has 0 amide bonds. The number of esters is 3. The number of ether oxygens (including phenoxy) is 3. The molecule has 0 aliphatic heterocycles. The summed E-state index contributed by atoms with van der Waals surface area (Å²) < 4.78 is 697. The van der Waals surface area contributed by atoms with Crippen LogP contribution in [0.1, 0.15) is 12.8 Å². The van der Waals surface area contributed by atoms with Gasteiger partial charge in [0.15, 0.2) is 5.60 Å². The normalized spacial score (nSPS) is 16.6. The molecule has 0 unspecified atom stereocenters. The molecule has 0 atom stereocenters. The number of hydrogen-bond acceptors (Lipinski definition) is 7. The van der Waals surface area contributed by atoms with E-state index in [0.717, 1.165) is 0 Å². The first-order chi connectivity index (χ1) is 37.1. The van der Waals surface area contributed by atoms with Gasteiger partial charge in [-0.15, -0.1) is 0 Å². The van der Waals surface area contributed by atoms with Crippen molar-refractivity contribution in [1.29, 1.82) is 0 Å². The zero-order chi connectivity index (χ0) is 72.8. The monoisotopic (exact) mass is 1450 g/mol. The molecule has 0 aliphatic carbocycles. The molecule has 524 valence electrons. The van der Waals surface area contributed by atoms with Gasteiger partial charge in [-0.05, 0) is 0 Å². The van der Waals surface area contributed by atoms with Crippen molar-refractivity contribution in [1.82, 2.24) is 0 Å². The molecule has 0 radical (unpaired) electrons. The Morgan fingerprint density at radius 1 is 0.205 bits per heavy atom. The summed E-state index contributed by atoms with van der Waals surface area (Å²) in [4.78, 5) is 36.2. The van der Waals surface area contributed by atoms with E-state index < -0.39 is 180 Å². The van der Waals surface area contributed by atoms with Crippen molar-refractivity contribution in [2.45, 2.75) is 162 Å². The highest BCUT2D eigenvalue weighted by Crippen LogP contribution is 2.68. The molecule has 0 aliphatic rings. The highest BCUT2D eigenvalue weighted by Gasteiger charge is 2.99. The second-order valence-corrected chi connectivity index (χ2v) is 16.1. The Morgan fingerprint density at radius 2 is 0.330 bits per heavy atom. The van der Waals surface area contributed by atoms with Gasteiger partial charge in [-0.2, -0.15) is 224 Å². The van der Waals surface area contributed by atoms with Crippen molar-refractivity contribution in [3.63, 3.8) is 0 Å².